The van der Waals surface area contributed by atoms with E-state index in [-0.39, 0.29) is 17.9 Å². The lowest BCUT2D eigenvalue weighted by Gasteiger charge is -2.15. The van der Waals surface area contributed by atoms with E-state index in [1.54, 1.807) is 18.2 Å². The average Bonchev–Trinajstić information content (AvgIpc) is 2.74. The highest BCUT2D eigenvalue weighted by atomic mass is 35.5. The number of hydrogen-bond donors (Lipinski definition) is 1. The maximum absolute atomic E-state index is 12.8. The molecule has 0 radical (unpaired) electrons. The van der Waals surface area contributed by atoms with Crippen molar-refractivity contribution in [1.82, 2.24) is 9.88 Å². The van der Waals surface area contributed by atoms with Gasteiger partial charge in [-0.15, -0.1) is 0 Å². The number of fused-ring (bicyclic) bond motifs is 2. The summed E-state index contributed by atoms with van der Waals surface area (Å²) in [6.45, 7) is 0.555. The van der Waals surface area contributed by atoms with Gasteiger partial charge in [0.2, 0.25) is 5.91 Å². The van der Waals surface area contributed by atoms with Crippen molar-refractivity contribution in [3.05, 3.63) is 92.6 Å². The van der Waals surface area contributed by atoms with Crippen LogP contribution in [0.25, 0.3) is 21.8 Å². The Kier molecular flexibility index (Phi) is 5.56. The van der Waals surface area contributed by atoms with E-state index in [9.17, 15) is 9.59 Å². The highest BCUT2D eigenvalue weighted by Crippen LogP contribution is 2.25. The van der Waals surface area contributed by atoms with Crippen molar-refractivity contribution < 1.29 is 4.79 Å². The fraction of sp³-hybridized carbons (Fsp3) is 0.130. The zero-order chi connectivity index (χ0) is 20.4. The van der Waals surface area contributed by atoms with Crippen LogP contribution in [0, 0.1) is 0 Å². The van der Waals surface area contributed by atoms with Crippen molar-refractivity contribution in [2.24, 2.45) is 0 Å². The van der Waals surface area contributed by atoms with E-state index in [2.05, 4.69) is 5.32 Å². The molecule has 4 nitrogen and oxygen atoms in total. The Labute approximate surface area is 177 Å². The molecule has 0 saturated carbocycles. The first-order valence-corrected chi connectivity index (χ1v) is 10.0. The van der Waals surface area contributed by atoms with Crippen molar-refractivity contribution in [3.8, 4) is 0 Å². The third-order valence-corrected chi connectivity index (χ3v) is 5.79. The monoisotopic (exact) mass is 424 g/mol. The first-order valence-electron chi connectivity index (χ1n) is 9.26. The minimum Gasteiger partial charge on any atom is -0.354 e. The lowest BCUT2D eigenvalue weighted by Crippen LogP contribution is -2.30. The third kappa shape index (κ3) is 3.86. The van der Waals surface area contributed by atoms with E-state index >= 15 is 0 Å². The van der Waals surface area contributed by atoms with Crippen molar-refractivity contribution in [2.75, 3.05) is 6.54 Å². The van der Waals surface area contributed by atoms with Gasteiger partial charge in [-0.25, -0.2) is 0 Å². The molecule has 0 atom stereocenters. The van der Waals surface area contributed by atoms with Crippen molar-refractivity contribution >= 4 is 50.9 Å². The molecule has 6 heteroatoms. The molecule has 0 saturated heterocycles. The number of carbonyl (C=O) groups is 1. The molecular weight excluding hydrogens is 407 g/mol. The number of halogens is 2. The number of amides is 1. The lowest BCUT2D eigenvalue weighted by atomic mass is 10.1. The van der Waals surface area contributed by atoms with E-state index in [1.807, 2.05) is 53.1 Å². The standard InChI is InChI=1S/C23H18Cl2N2O2/c24-18-9-5-6-15(22(18)25)12-13-26-21(28)14-27-19-10-3-1-7-16(19)23(29)17-8-2-4-11-20(17)27/h1-11H,12-14H2,(H,26,28). The molecule has 146 valence electrons. The summed E-state index contributed by atoms with van der Waals surface area (Å²) >= 11 is 12.2. The van der Waals surface area contributed by atoms with Crippen molar-refractivity contribution in [2.45, 2.75) is 13.0 Å². The second kappa shape index (κ2) is 8.27. The fourth-order valence-corrected chi connectivity index (χ4v) is 3.94. The van der Waals surface area contributed by atoms with E-state index in [0.717, 1.165) is 16.6 Å². The third-order valence-electron chi connectivity index (χ3n) is 4.93. The van der Waals surface area contributed by atoms with Crippen LogP contribution in [0.5, 0.6) is 0 Å². The summed E-state index contributed by atoms with van der Waals surface area (Å²) < 4.78 is 1.88. The first-order chi connectivity index (χ1) is 14.1. The molecular formula is C23H18Cl2N2O2. The van der Waals surface area contributed by atoms with E-state index in [1.165, 1.54) is 0 Å². The highest BCUT2D eigenvalue weighted by molar-refractivity contribution is 6.42. The number of carbonyl (C=O) groups excluding carboxylic acids is 1. The van der Waals surface area contributed by atoms with Gasteiger partial charge in [0, 0.05) is 17.3 Å². The largest absolute Gasteiger partial charge is 0.354 e. The van der Waals surface area contributed by atoms with Gasteiger partial charge < -0.3 is 9.88 Å². The molecule has 4 rings (SSSR count). The number of nitrogens with one attached hydrogen (secondary N) is 1. The summed E-state index contributed by atoms with van der Waals surface area (Å²) in [6.07, 6.45) is 0.580. The molecule has 0 aliphatic rings. The van der Waals surface area contributed by atoms with Gasteiger partial charge >= 0.3 is 0 Å². The van der Waals surface area contributed by atoms with Crippen LogP contribution < -0.4 is 10.7 Å². The minimum atomic E-state index is -0.137. The molecule has 0 bridgehead atoms. The normalized spacial score (nSPS) is 11.1. The number of hydrogen-bond acceptors (Lipinski definition) is 2. The Morgan fingerprint density at radius 1 is 0.862 bits per heavy atom. The molecule has 1 heterocycles. The number of benzene rings is 3. The smallest absolute Gasteiger partial charge is 0.239 e. The second-order valence-electron chi connectivity index (χ2n) is 6.76. The van der Waals surface area contributed by atoms with Crippen molar-refractivity contribution in [1.29, 1.82) is 0 Å². The van der Waals surface area contributed by atoms with Gasteiger partial charge in [-0.2, -0.15) is 0 Å². The Bertz CT molecular complexity index is 1220. The van der Waals surface area contributed by atoms with Crippen molar-refractivity contribution in [3.63, 3.8) is 0 Å². The molecule has 1 aromatic heterocycles. The van der Waals surface area contributed by atoms with Gasteiger partial charge in [-0.1, -0.05) is 59.6 Å². The van der Waals surface area contributed by atoms with Gasteiger partial charge in [-0.05, 0) is 42.3 Å². The topological polar surface area (TPSA) is 51.1 Å². The maximum atomic E-state index is 12.8. The summed E-state index contributed by atoms with van der Waals surface area (Å²) in [6, 6.07) is 20.2. The van der Waals surface area contributed by atoms with Crippen LogP contribution in [0.1, 0.15) is 5.56 Å². The molecule has 1 N–H and O–H groups in total. The zero-order valence-electron chi connectivity index (χ0n) is 15.5. The lowest BCUT2D eigenvalue weighted by molar-refractivity contribution is -0.121. The van der Waals surface area contributed by atoms with Crippen LogP contribution in [0.2, 0.25) is 10.0 Å². The summed E-state index contributed by atoms with van der Waals surface area (Å²) in [5.74, 6) is -0.137. The van der Waals surface area contributed by atoms with Gasteiger partial charge in [0.25, 0.3) is 0 Å². The van der Waals surface area contributed by atoms with Gasteiger partial charge in [-0.3, -0.25) is 9.59 Å². The maximum Gasteiger partial charge on any atom is 0.239 e. The predicted octanol–water partition coefficient (Wildman–Crippen LogP) is 4.82. The van der Waals surface area contributed by atoms with E-state index < -0.39 is 0 Å². The van der Waals surface area contributed by atoms with Crippen LogP contribution >= 0.6 is 23.2 Å². The van der Waals surface area contributed by atoms with Gasteiger partial charge in [0.15, 0.2) is 5.43 Å². The van der Waals surface area contributed by atoms with E-state index in [4.69, 9.17) is 23.2 Å². The average molecular weight is 425 g/mol. The minimum absolute atomic E-state index is 0.0246. The summed E-state index contributed by atoms with van der Waals surface area (Å²) in [7, 11) is 0. The zero-order valence-corrected chi connectivity index (χ0v) is 17.0. The fourth-order valence-electron chi connectivity index (χ4n) is 3.52. The first kappa shape index (κ1) is 19.5. The van der Waals surface area contributed by atoms with Gasteiger partial charge in [0.05, 0.1) is 21.1 Å². The summed E-state index contributed by atoms with van der Waals surface area (Å²) in [5.41, 5.74) is 2.34. The Hall–Kier alpha value is -2.82. The molecule has 1 amide bonds. The predicted molar refractivity (Wildman–Crippen MR) is 119 cm³/mol. The second-order valence-corrected chi connectivity index (χ2v) is 7.55. The SMILES string of the molecule is O=C(Cn1c2ccccc2c(=O)c2ccccc21)NCCc1cccc(Cl)c1Cl. The molecule has 0 spiro atoms. The molecule has 3 aromatic carbocycles. The molecule has 0 unspecified atom stereocenters. The van der Waals surface area contributed by atoms with Crippen LogP contribution in [0.4, 0.5) is 0 Å². The number of nitrogens with zero attached hydrogens (tertiary/aromatic N) is 1. The Morgan fingerprint density at radius 3 is 2.14 bits per heavy atom. The molecule has 29 heavy (non-hydrogen) atoms. The summed E-state index contributed by atoms with van der Waals surface area (Å²) in [4.78, 5) is 25.4. The molecule has 4 aromatic rings. The number of aromatic nitrogens is 1. The number of para-hydroxylation sites is 2. The molecule has 0 fully saturated rings. The summed E-state index contributed by atoms with van der Waals surface area (Å²) in [5, 5.41) is 5.15. The molecule has 0 aliphatic heterocycles. The van der Waals surface area contributed by atoms with Crippen LogP contribution in [0.3, 0.4) is 0 Å². The van der Waals surface area contributed by atoms with E-state index in [0.29, 0.717) is 33.8 Å². The van der Waals surface area contributed by atoms with Crippen LogP contribution in [-0.2, 0) is 17.8 Å². The Morgan fingerprint density at radius 2 is 1.48 bits per heavy atom. The van der Waals surface area contributed by atoms with Crippen LogP contribution in [-0.4, -0.2) is 17.0 Å². The van der Waals surface area contributed by atoms with Crippen LogP contribution in [0.15, 0.2) is 71.5 Å². The van der Waals surface area contributed by atoms with Gasteiger partial charge in [0.1, 0.15) is 6.54 Å². The highest BCUT2D eigenvalue weighted by Gasteiger charge is 2.13. The number of rotatable bonds is 5. The number of pyridine rings is 1. The quantitative estimate of drug-likeness (QED) is 0.466. The Balaban J connectivity index is 1.58. The molecule has 0 aliphatic carbocycles.